The van der Waals surface area contributed by atoms with Crippen LogP contribution in [0.4, 0.5) is 0 Å². The molecule has 2 atom stereocenters. The molecule has 0 spiro atoms. The number of nitrogens with one attached hydrogen (secondary N) is 1. The molecule has 3 N–H and O–H groups in total. The first-order valence-corrected chi connectivity index (χ1v) is 5.78. The molecule has 2 unspecified atom stereocenters. The third-order valence-corrected chi connectivity index (χ3v) is 3.71. The van der Waals surface area contributed by atoms with Gasteiger partial charge in [0.15, 0.2) is 0 Å². The van der Waals surface area contributed by atoms with E-state index in [4.69, 9.17) is 5.73 Å². The zero-order valence-corrected chi connectivity index (χ0v) is 9.86. The monoisotopic (exact) mass is 239 g/mol. The Morgan fingerprint density at radius 2 is 2.24 bits per heavy atom. The van der Waals surface area contributed by atoms with E-state index in [1.54, 1.807) is 11.8 Å². The average molecular weight is 239 g/mol. The van der Waals surface area contributed by atoms with E-state index in [1.807, 2.05) is 0 Å². The molecule has 0 aromatic rings. The Morgan fingerprint density at radius 1 is 1.53 bits per heavy atom. The molecule has 0 saturated carbocycles. The van der Waals surface area contributed by atoms with Crippen molar-refractivity contribution in [3.8, 4) is 0 Å². The molecule has 3 amide bonds. The maximum absolute atomic E-state index is 12.1. The highest BCUT2D eigenvalue weighted by Gasteiger charge is 2.42. The van der Waals surface area contributed by atoms with Gasteiger partial charge in [-0.1, -0.05) is 0 Å². The molecule has 0 bridgehead atoms. The van der Waals surface area contributed by atoms with Gasteiger partial charge in [-0.2, -0.15) is 0 Å². The molecule has 2 heterocycles. The minimum Gasteiger partial charge on any atom is -0.369 e. The Labute approximate surface area is 99.5 Å². The number of nitrogens with zero attached hydrogens (tertiary/aromatic N) is 1. The lowest BCUT2D eigenvalue weighted by atomic mass is 9.89. The quantitative estimate of drug-likeness (QED) is 0.637. The average Bonchev–Trinajstić information content (AvgIpc) is 2.85. The molecule has 94 valence electrons. The van der Waals surface area contributed by atoms with E-state index in [0.29, 0.717) is 26.1 Å². The summed E-state index contributed by atoms with van der Waals surface area (Å²) in [7, 11) is 0. The van der Waals surface area contributed by atoms with Gasteiger partial charge in [0.1, 0.15) is 0 Å². The van der Waals surface area contributed by atoms with E-state index < -0.39 is 5.41 Å². The van der Waals surface area contributed by atoms with Gasteiger partial charge >= 0.3 is 0 Å². The number of carbonyl (C=O) groups is 3. The highest BCUT2D eigenvalue weighted by molar-refractivity contribution is 5.90. The first-order valence-electron chi connectivity index (χ1n) is 5.78. The Bertz CT molecular complexity index is 382. The molecule has 2 fully saturated rings. The van der Waals surface area contributed by atoms with Crippen LogP contribution in [0.1, 0.15) is 19.8 Å². The number of rotatable bonds is 2. The van der Waals surface area contributed by atoms with Crippen LogP contribution in [0.5, 0.6) is 0 Å². The second kappa shape index (κ2) is 4.01. The van der Waals surface area contributed by atoms with Crippen LogP contribution < -0.4 is 11.1 Å². The number of hydrogen-bond acceptors (Lipinski definition) is 3. The van der Waals surface area contributed by atoms with E-state index >= 15 is 0 Å². The maximum atomic E-state index is 12.1. The van der Waals surface area contributed by atoms with Crippen LogP contribution in [0.2, 0.25) is 0 Å². The van der Waals surface area contributed by atoms with E-state index in [2.05, 4.69) is 5.32 Å². The first kappa shape index (κ1) is 11.9. The number of nitrogens with two attached hydrogens (primary N) is 1. The smallest absolute Gasteiger partial charge is 0.228 e. The summed E-state index contributed by atoms with van der Waals surface area (Å²) >= 11 is 0. The van der Waals surface area contributed by atoms with Gasteiger partial charge in [-0.25, -0.2) is 0 Å². The molecule has 2 rings (SSSR count). The fourth-order valence-corrected chi connectivity index (χ4v) is 2.39. The van der Waals surface area contributed by atoms with E-state index in [0.717, 1.165) is 0 Å². The molecule has 0 aromatic heterocycles. The van der Waals surface area contributed by atoms with Gasteiger partial charge in [-0.3, -0.25) is 14.4 Å². The van der Waals surface area contributed by atoms with E-state index in [1.165, 1.54) is 0 Å². The van der Waals surface area contributed by atoms with Gasteiger partial charge in [0, 0.05) is 26.1 Å². The van der Waals surface area contributed by atoms with Crippen molar-refractivity contribution < 1.29 is 14.4 Å². The minimum absolute atomic E-state index is 0.0478. The molecular weight excluding hydrogens is 222 g/mol. The molecule has 17 heavy (non-hydrogen) atoms. The molecule has 2 aliphatic heterocycles. The van der Waals surface area contributed by atoms with Crippen LogP contribution in [0, 0.1) is 11.3 Å². The number of carbonyl (C=O) groups excluding carboxylic acids is 3. The highest BCUT2D eigenvalue weighted by atomic mass is 16.2. The molecule has 2 saturated heterocycles. The van der Waals surface area contributed by atoms with Crippen LogP contribution in [0.3, 0.4) is 0 Å². The lowest BCUT2D eigenvalue weighted by Crippen LogP contribution is -2.40. The third kappa shape index (κ3) is 2.11. The fourth-order valence-electron chi connectivity index (χ4n) is 2.39. The summed E-state index contributed by atoms with van der Waals surface area (Å²) in [5.41, 5.74) is 4.71. The summed E-state index contributed by atoms with van der Waals surface area (Å²) < 4.78 is 0. The third-order valence-electron chi connectivity index (χ3n) is 3.71. The van der Waals surface area contributed by atoms with E-state index in [9.17, 15) is 14.4 Å². The number of hydrogen-bond donors (Lipinski definition) is 2. The number of primary amides is 1. The van der Waals surface area contributed by atoms with Crippen molar-refractivity contribution in [2.24, 2.45) is 17.1 Å². The van der Waals surface area contributed by atoms with Crippen molar-refractivity contribution in [1.82, 2.24) is 10.2 Å². The number of amides is 3. The topological polar surface area (TPSA) is 92.5 Å². The Balaban J connectivity index is 1.99. The van der Waals surface area contributed by atoms with Crippen LogP contribution in [-0.2, 0) is 14.4 Å². The Kier molecular flexibility index (Phi) is 2.81. The SMILES string of the molecule is CC1(C(N)=O)CCN(C(=O)C2CNC(=O)C2)C1. The molecule has 2 aliphatic rings. The summed E-state index contributed by atoms with van der Waals surface area (Å²) in [6.07, 6.45) is 0.852. The van der Waals surface area contributed by atoms with Gasteiger partial charge in [0.2, 0.25) is 17.7 Å². The van der Waals surface area contributed by atoms with Crippen molar-refractivity contribution in [2.45, 2.75) is 19.8 Å². The van der Waals surface area contributed by atoms with Crippen LogP contribution in [0.15, 0.2) is 0 Å². The second-order valence-electron chi connectivity index (χ2n) is 5.14. The summed E-state index contributed by atoms with van der Waals surface area (Å²) in [5.74, 6) is -0.778. The largest absolute Gasteiger partial charge is 0.369 e. The van der Waals surface area contributed by atoms with Gasteiger partial charge in [0.05, 0.1) is 11.3 Å². The standard InChI is InChI=1S/C11H17N3O3/c1-11(10(12)17)2-3-14(6-11)9(16)7-4-8(15)13-5-7/h7H,2-6H2,1H3,(H2,12,17)(H,13,15). The zero-order valence-electron chi connectivity index (χ0n) is 9.86. The van der Waals surface area contributed by atoms with Crippen molar-refractivity contribution in [1.29, 1.82) is 0 Å². The minimum atomic E-state index is -0.619. The molecular formula is C11H17N3O3. The normalized spacial score (nSPS) is 32.6. The lowest BCUT2D eigenvalue weighted by Gasteiger charge is -2.22. The van der Waals surface area contributed by atoms with Crippen LogP contribution >= 0.6 is 0 Å². The predicted molar refractivity (Wildman–Crippen MR) is 59.6 cm³/mol. The Hall–Kier alpha value is -1.59. The van der Waals surface area contributed by atoms with Gasteiger partial charge in [0.25, 0.3) is 0 Å². The van der Waals surface area contributed by atoms with Crippen LogP contribution in [0.25, 0.3) is 0 Å². The highest BCUT2D eigenvalue weighted by Crippen LogP contribution is 2.30. The molecule has 0 aromatic carbocycles. The summed E-state index contributed by atoms with van der Waals surface area (Å²) in [4.78, 5) is 36.1. The van der Waals surface area contributed by atoms with Gasteiger partial charge in [-0.15, -0.1) is 0 Å². The van der Waals surface area contributed by atoms with Crippen molar-refractivity contribution >= 4 is 17.7 Å². The Morgan fingerprint density at radius 3 is 2.71 bits per heavy atom. The molecule has 6 nitrogen and oxygen atoms in total. The van der Waals surface area contributed by atoms with Gasteiger partial charge in [-0.05, 0) is 13.3 Å². The zero-order chi connectivity index (χ0) is 12.6. The summed E-state index contributed by atoms with van der Waals surface area (Å²) in [5, 5.41) is 2.64. The summed E-state index contributed by atoms with van der Waals surface area (Å²) in [6.45, 7) is 3.09. The maximum Gasteiger partial charge on any atom is 0.228 e. The van der Waals surface area contributed by atoms with Crippen molar-refractivity contribution in [3.05, 3.63) is 0 Å². The van der Waals surface area contributed by atoms with Crippen LogP contribution in [-0.4, -0.2) is 42.3 Å². The molecule has 0 aliphatic carbocycles. The van der Waals surface area contributed by atoms with E-state index in [-0.39, 0.29) is 30.1 Å². The van der Waals surface area contributed by atoms with Crippen molar-refractivity contribution in [3.63, 3.8) is 0 Å². The lowest BCUT2D eigenvalue weighted by molar-refractivity contribution is -0.135. The number of likely N-dealkylation sites (tertiary alicyclic amines) is 1. The van der Waals surface area contributed by atoms with Crippen molar-refractivity contribution in [2.75, 3.05) is 19.6 Å². The molecule has 0 radical (unpaired) electrons. The first-order chi connectivity index (χ1) is 7.92. The summed E-state index contributed by atoms with van der Waals surface area (Å²) in [6, 6.07) is 0. The predicted octanol–water partition coefficient (Wildman–Crippen LogP) is -1.15. The fraction of sp³-hybridized carbons (Fsp3) is 0.727. The van der Waals surface area contributed by atoms with Gasteiger partial charge < -0.3 is 16.0 Å². The molecule has 6 heteroatoms. The second-order valence-corrected chi connectivity index (χ2v) is 5.14.